The largest absolute Gasteiger partial charge is 0.363 e. The van der Waals surface area contributed by atoms with Gasteiger partial charge >= 0.3 is 0 Å². The zero-order chi connectivity index (χ0) is 12.5. The van der Waals surface area contributed by atoms with Crippen LogP contribution >= 0.6 is 0 Å². The van der Waals surface area contributed by atoms with Crippen LogP contribution in [0.3, 0.4) is 0 Å². The van der Waals surface area contributed by atoms with Gasteiger partial charge in [0, 0.05) is 25.5 Å². The van der Waals surface area contributed by atoms with Crippen molar-refractivity contribution in [2.75, 3.05) is 6.54 Å². The average molecular weight is 234 g/mol. The highest BCUT2D eigenvalue weighted by Crippen LogP contribution is 1.96. The normalized spacial score (nSPS) is 10.7. The van der Waals surface area contributed by atoms with Crippen molar-refractivity contribution in [3.8, 4) is 0 Å². The smallest absolute Gasteiger partial charge is 0.274 e. The molecule has 1 rings (SSSR count). The maximum Gasteiger partial charge on any atom is 0.274 e. The number of hydrogen-bond donors (Lipinski definition) is 2. The summed E-state index contributed by atoms with van der Waals surface area (Å²) in [6.07, 6.45) is 5.89. The van der Waals surface area contributed by atoms with E-state index >= 15 is 0 Å². The first-order chi connectivity index (χ1) is 8.22. The molecular weight excluding hydrogens is 220 g/mol. The van der Waals surface area contributed by atoms with Gasteiger partial charge in [0.25, 0.3) is 6.20 Å². The van der Waals surface area contributed by atoms with Gasteiger partial charge in [-0.3, -0.25) is 15.1 Å². The molecule has 0 bridgehead atoms. The molecule has 1 heterocycles. The molecule has 0 aliphatic carbocycles. The van der Waals surface area contributed by atoms with Crippen molar-refractivity contribution >= 4 is 0 Å². The standard InChI is InChI=1S/C11H14N4O2/c1-2-5-13-11(9-15(16)17)14-8-10-4-3-6-12-7-10/h2-4,6-7,9,13-14H,1,5,8H2/b11-9-. The first kappa shape index (κ1) is 12.7. The first-order valence-corrected chi connectivity index (χ1v) is 5.05. The average Bonchev–Trinajstić information content (AvgIpc) is 2.33. The molecule has 6 heteroatoms. The summed E-state index contributed by atoms with van der Waals surface area (Å²) >= 11 is 0. The van der Waals surface area contributed by atoms with Crippen LogP contribution in [-0.4, -0.2) is 16.5 Å². The molecule has 1 aromatic rings. The van der Waals surface area contributed by atoms with Crippen molar-refractivity contribution in [1.29, 1.82) is 0 Å². The molecule has 0 aliphatic heterocycles. The van der Waals surface area contributed by atoms with Crippen molar-refractivity contribution in [3.05, 3.63) is 64.9 Å². The molecule has 0 aromatic carbocycles. The SMILES string of the molecule is C=CCN/C(=C/[N+](=O)[O-])NCc1cccnc1. The lowest BCUT2D eigenvalue weighted by atomic mass is 10.3. The minimum Gasteiger partial charge on any atom is -0.363 e. The quantitative estimate of drug-likeness (QED) is 0.418. The summed E-state index contributed by atoms with van der Waals surface area (Å²) in [5.41, 5.74) is 0.946. The van der Waals surface area contributed by atoms with Crippen LogP contribution in [0.4, 0.5) is 0 Å². The van der Waals surface area contributed by atoms with Gasteiger partial charge in [0.05, 0.1) is 4.92 Å². The molecule has 0 atom stereocenters. The lowest BCUT2D eigenvalue weighted by Crippen LogP contribution is -2.27. The molecule has 2 N–H and O–H groups in total. The topological polar surface area (TPSA) is 80.1 Å². The molecule has 90 valence electrons. The second-order valence-electron chi connectivity index (χ2n) is 3.21. The molecule has 0 radical (unpaired) electrons. The van der Waals surface area contributed by atoms with Crippen LogP contribution in [0.5, 0.6) is 0 Å². The Kier molecular flexibility index (Phi) is 5.23. The summed E-state index contributed by atoms with van der Waals surface area (Å²) in [4.78, 5) is 13.8. The van der Waals surface area contributed by atoms with E-state index in [0.29, 0.717) is 18.9 Å². The third kappa shape index (κ3) is 5.31. The maximum absolute atomic E-state index is 10.4. The van der Waals surface area contributed by atoms with Gasteiger partial charge in [-0.25, -0.2) is 0 Å². The second-order valence-corrected chi connectivity index (χ2v) is 3.21. The Morgan fingerprint density at radius 2 is 2.41 bits per heavy atom. The van der Waals surface area contributed by atoms with Crippen molar-refractivity contribution in [1.82, 2.24) is 15.6 Å². The Bertz CT molecular complexity index is 403. The minimum atomic E-state index is -0.512. The van der Waals surface area contributed by atoms with Crippen molar-refractivity contribution in [2.24, 2.45) is 0 Å². The number of nitrogens with zero attached hydrogens (tertiary/aromatic N) is 2. The van der Waals surface area contributed by atoms with Crippen LogP contribution in [-0.2, 0) is 6.54 Å². The van der Waals surface area contributed by atoms with Crippen LogP contribution in [0.25, 0.3) is 0 Å². The van der Waals surface area contributed by atoms with Gasteiger partial charge in [-0.2, -0.15) is 0 Å². The van der Waals surface area contributed by atoms with Crippen LogP contribution in [0.15, 0.2) is 49.2 Å². The number of pyridine rings is 1. The van der Waals surface area contributed by atoms with Gasteiger partial charge in [0.1, 0.15) is 0 Å². The summed E-state index contributed by atoms with van der Waals surface area (Å²) in [7, 11) is 0. The molecule has 0 aliphatic rings. The summed E-state index contributed by atoms with van der Waals surface area (Å²) in [5, 5.41) is 16.2. The Morgan fingerprint density at radius 3 is 3.00 bits per heavy atom. The number of hydrogen-bond acceptors (Lipinski definition) is 5. The molecule has 0 unspecified atom stereocenters. The Hall–Kier alpha value is -2.37. The summed E-state index contributed by atoms with van der Waals surface area (Å²) in [5.74, 6) is 0.346. The summed E-state index contributed by atoms with van der Waals surface area (Å²) in [6, 6.07) is 3.70. The second kappa shape index (κ2) is 7.00. The van der Waals surface area contributed by atoms with E-state index < -0.39 is 4.92 Å². The molecule has 6 nitrogen and oxygen atoms in total. The number of aromatic nitrogens is 1. The van der Waals surface area contributed by atoms with Crippen molar-refractivity contribution in [3.63, 3.8) is 0 Å². The lowest BCUT2D eigenvalue weighted by Gasteiger charge is -2.09. The van der Waals surface area contributed by atoms with E-state index in [0.717, 1.165) is 11.8 Å². The predicted molar refractivity (Wildman–Crippen MR) is 64.4 cm³/mol. The zero-order valence-corrected chi connectivity index (χ0v) is 9.30. The van der Waals surface area contributed by atoms with E-state index in [1.807, 2.05) is 12.1 Å². The van der Waals surface area contributed by atoms with E-state index in [-0.39, 0.29) is 0 Å². The molecular formula is C11H14N4O2. The van der Waals surface area contributed by atoms with E-state index in [1.54, 1.807) is 18.5 Å². The van der Waals surface area contributed by atoms with E-state index in [1.165, 1.54) is 0 Å². The van der Waals surface area contributed by atoms with Crippen molar-refractivity contribution < 1.29 is 4.92 Å². The van der Waals surface area contributed by atoms with Gasteiger partial charge in [0.15, 0.2) is 5.82 Å². The molecule has 0 saturated heterocycles. The van der Waals surface area contributed by atoms with Crippen LogP contribution in [0.2, 0.25) is 0 Å². The van der Waals surface area contributed by atoms with Gasteiger partial charge in [-0.1, -0.05) is 12.1 Å². The Balaban J connectivity index is 2.55. The molecule has 0 amide bonds. The number of nitrogens with one attached hydrogen (secondary N) is 2. The highest BCUT2D eigenvalue weighted by atomic mass is 16.6. The van der Waals surface area contributed by atoms with Gasteiger partial charge in [0.2, 0.25) is 0 Å². The molecule has 17 heavy (non-hydrogen) atoms. The molecule has 0 saturated carbocycles. The van der Waals surface area contributed by atoms with Crippen molar-refractivity contribution in [2.45, 2.75) is 6.54 Å². The molecule has 0 fully saturated rings. The molecule has 0 spiro atoms. The fraction of sp³-hybridized carbons (Fsp3) is 0.182. The number of nitro groups is 1. The predicted octanol–water partition coefficient (Wildman–Crippen LogP) is 1.02. The highest BCUT2D eigenvalue weighted by Gasteiger charge is 2.01. The number of rotatable bonds is 7. The fourth-order valence-corrected chi connectivity index (χ4v) is 1.14. The fourth-order valence-electron chi connectivity index (χ4n) is 1.14. The van der Waals surface area contributed by atoms with E-state index in [2.05, 4.69) is 22.2 Å². The maximum atomic E-state index is 10.4. The summed E-state index contributed by atoms with van der Waals surface area (Å²) in [6.45, 7) is 4.46. The van der Waals surface area contributed by atoms with Crippen LogP contribution < -0.4 is 10.6 Å². The first-order valence-electron chi connectivity index (χ1n) is 5.05. The van der Waals surface area contributed by atoms with Gasteiger partial charge in [-0.05, 0) is 11.6 Å². The Morgan fingerprint density at radius 1 is 1.59 bits per heavy atom. The zero-order valence-electron chi connectivity index (χ0n) is 9.30. The third-order valence-corrected chi connectivity index (χ3v) is 1.88. The van der Waals surface area contributed by atoms with Gasteiger partial charge in [-0.15, -0.1) is 6.58 Å². The minimum absolute atomic E-state index is 0.346. The highest BCUT2D eigenvalue weighted by molar-refractivity contribution is 5.09. The van der Waals surface area contributed by atoms with Crippen LogP contribution in [0, 0.1) is 10.1 Å². The molecule has 1 aromatic heterocycles. The van der Waals surface area contributed by atoms with E-state index in [4.69, 9.17) is 0 Å². The van der Waals surface area contributed by atoms with Gasteiger partial charge < -0.3 is 10.6 Å². The Labute approximate surface area is 99.2 Å². The summed E-state index contributed by atoms with van der Waals surface area (Å²) < 4.78 is 0. The van der Waals surface area contributed by atoms with E-state index in [9.17, 15) is 10.1 Å². The van der Waals surface area contributed by atoms with Crippen LogP contribution in [0.1, 0.15) is 5.56 Å². The monoisotopic (exact) mass is 234 g/mol. The third-order valence-electron chi connectivity index (χ3n) is 1.88. The lowest BCUT2D eigenvalue weighted by molar-refractivity contribution is -0.404.